The van der Waals surface area contributed by atoms with Crippen molar-refractivity contribution in [2.45, 2.75) is 19.3 Å². The fourth-order valence-corrected chi connectivity index (χ4v) is 3.88. The van der Waals surface area contributed by atoms with Crippen molar-refractivity contribution in [2.75, 3.05) is 13.1 Å². The van der Waals surface area contributed by atoms with Crippen molar-refractivity contribution < 1.29 is 9.32 Å². The molecule has 8 nitrogen and oxygen atoms in total. The molecule has 8 heteroatoms. The number of carbonyl (C=O) groups excluding carboxylic acids is 1. The monoisotopic (exact) mass is 388 g/mol. The number of fused-ring (bicyclic) bond motifs is 1. The summed E-state index contributed by atoms with van der Waals surface area (Å²) in [5, 5.41) is 5.05. The maximum Gasteiger partial charge on any atom is 0.270 e. The van der Waals surface area contributed by atoms with Crippen LogP contribution in [0.3, 0.4) is 0 Å². The molecule has 29 heavy (non-hydrogen) atoms. The number of para-hydroxylation sites is 1. The third-order valence-electron chi connectivity index (χ3n) is 5.29. The van der Waals surface area contributed by atoms with Crippen LogP contribution in [0.5, 0.6) is 0 Å². The lowest BCUT2D eigenvalue weighted by Gasteiger charge is -2.31. The molecular formula is C21H20N6O2. The van der Waals surface area contributed by atoms with Crippen LogP contribution in [0, 0.1) is 5.92 Å². The topological polar surface area (TPSA) is 101 Å². The van der Waals surface area contributed by atoms with E-state index in [2.05, 4.69) is 25.1 Å². The Labute approximate surface area is 167 Å². The van der Waals surface area contributed by atoms with Gasteiger partial charge in [0.25, 0.3) is 5.91 Å². The number of hydrogen-bond acceptors (Lipinski definition) is 6. The highest BCUT2D eigenvalue weighted by Gasteiger charge is 2.27. The lowest BCUT2D eigenvalue weighted by molar-refractivity contribution is 0.0663. The summed E-state index contributed by atoms with van der Waals surface area (Å²) >= 11 is 0. The van der Waals surface area contributed by atoms with Crippen molar-refractivity contribution in [1.29, 1.82) is 0 Å². The fraction of sp³-hybridized carbons (Fsp3) is 0.286. The Bertz CT molecular complexity index is 1100. The van der Waals surface area contributed by atoms with Gasteiger partial charge in [-0.1, -0.05) is 23.4 Å². The molecule has 0 saturated carbocycles. The molecule has 1 fully saturated rings. The number of amides is 1. The number of H-pyrrole nitrogens is 1. The average molecular weight is 388 g/mol. The van der Waals surface area contributed by atoms with Crippen LogP contribution < -0.4 is 0 Å². The second kappa shape index (κ2) is 7.46. The van der Waals surface area contributed by atoms with Gasteiger partial charge in [-0.15, -0.1) is 0 Å². The summed E-state index contributed by atoms with van der Waals surface area (Å²) in [6.07, 6.45) is 7.44. The van der Waals surface area contributed by atoms with Gasteiger partial charge in [0.2, 0.25) is 11.7 Å². The molecule has 0 unspecified atom stereocenters. The molecule has 1 N–H and O–H groups in total. The van der Waals surface area contributed by atoms with Gasteiger partial charge < -0.3 is 14.4 Å². The van der Waals surface area contributed by atoms with Crippen LogP contribution in [-0.4, -0.2) is 49.0 Å². The molecule has 0 aliphatic carbocycles. The van der Waals surface area contributed by atoms with Gasteiger partial charge in [-0.3, -0.25) is 9.78 Å². The smallest absolute Gasteiger partial charge is 0.270 e. The molecule has 1 amide bonds. The minimum Gasteiger partial charge on any atom is -0.351 e. The predicted octanol–water partition coefficient (Wildman–Crippen LogP) is 3.10. The first kappa shape index (κ1) is 17.5. The quantitative estimate of drug-likeness (QED) is 0.576. The second-order valence-corrected chi connectivity index (χ2v) is 7.34. The molecule has 0 bridgehead atoms. The number of piperidine rings is 1. The first-order chi connectivity index (χ1) is 14.3. The molecule has 5 rings (SSSR count). The normalized spacial score (nSPS) is 17.0. The van der Waals surface area contributed by atoms with E-state index in [1.165, 1.54) is 0 Å². The third kappa shape index (κ3) is 3.61. The molecule has 0 radical (unpaired) electrons. The predicted molar refractivity (Wildman–Crippen MR) is 106 cm³/mol. The van der Waals surface area contributed by atoms with Gasteiger partial charge in [-0.2, -0.15) is 4.98 Å². The maximum atomic E-state index is 13.0. The van der Waals surface area contributed by atoms with Crippen LogP contribution in [0.15, 0.2) is 53.4 Å². The number of rotatable bonds is 4. The number of nitrogens with zero attached hydrogens (tertiary/aromatic N) is 5. The van der Waals surface area contributed by atoms with Crippen LogP contribution in [-0.2, 0) is 6.42 Å². The Morgan fingerprint density at radius 1 is 1.28 bits per heavy atom. The number of benzene rings is 1. The molecule has 1 saturated heterocycles. The molecule has 1 aromatic carbocycles. The van der Waals surface area contributed by atoms with Gasteiger partial charge in [0.15, 0.2) is 0 Å². The molecule has 0 spiro atoms. The van der Waals surface area contributed by atoms with Crippen molar-refractivity contribution in [1.82, 2.24) is 30.0 Å². The largest absolute Gasteiger partial charge is 0.351 e. The summed E-state index contributed by atoms with van der Waals surface area (Å²) in [5.74, 6) is 1.33. The number of hydrogen-bond donors (Lipinski definition) is 1. The Morgan fingerprint density at radius 3 is 3.07 bits per heavy atom. The zero-order valence-electron chi connectivity index (χ0n) is 15.8. The molecule has 146 valence electrons. The Morgan fingerprint density at radius 2 is 2.21 bits per heavy atom. The number of aromatic amines is 1. The summed E-state index contributed by atoms with van der Waals surface area (Å²) in [5.41, 5.74) is 2.20. The number of nitrogens with one attached hydrogen (secondary N) is 1. The molecule has 1 aliphatic rings. The van der Waals surface area contributed by atoms with E-state index in [0.717, 1.165) is 30.3 Å². The van der Waals surface area contributed by atoms with Crippen molar-refractivity contribution in [3.8, 4) is 11.5 Å². The maximum absolute atomic E-state index is 13.0. The average Bonchev–Trinajstić information content (AvgIpc) is 3.41. The van der Waals surface area contributed by atoms with Gasteiger partial charge in [0, 0.05) is 42.8 Å². The molecule has 3 aromatic heterocycles. The van der Waals surface area contributed by atoms with Crippen molar-refractivity contribution >= 4 is 16.8 Å². The summed E-state index contributed by atoms with van der Waals surface area (Å²) in [6.45, 7) is 1.44. The Balaban J connectivity index is 1.27. The first-order valence-corrected chi connectivity index (χ1v) is 9.72. The molecule has 1 atom stereocenters. The first-order valence-electron chi connectivity index (χ1n) is 9.72. The second-order valence-electron chi connectivity index (χ2n) is 7.34. The third-order valence-corrected chi connectivity index (χ3v) is 5.29. The van der Waals surface area contributed by atoms with Gasteiger partial charge in [0.05, 0.1) is 6.20 Å². The van der Waals surface area contributed by atoms with Gasteiger partial charge >= 0.3 is 0 Å². The number of aromatic nitrogens is 5. The van der Waals surface area contributed by atoms with Gasteiger partial charge in [-0.25, -0.2) is 4.98 Å². The van der Waals surface area contributed by atoms with Gasteiger partial charge in [-0.05, 0) is 30.9 Å². The summed E-state index contributed by atoms with van der Waals surface area (Å²) in [7, 11) is 0. The summed E-state index contributed by atoms with van der Waals surface area (Å²) in [4.78, 5) is 30.8. The lowest BCUT2D eigenvalue weighted by Crippen LogP contribution is -2.40. The van der Waals surface area contributed by atoms with Gasteiger partial charge in [0.1, 0.15) is 11.4 Å². The molecular weight excluding hydrogens is 368 g/mol. The van der Waals surface area contributed by atoms with E-state index in [-0.39, 0.29) is 11.8 Å². The summed E-state index contributed by atoms with van der Waals surface area (Å²) in [6, 6.07) is 9.85. The van der Waals surface area contributed by atoms with E-state index in [1.54, 1.807) is 18.6 Å². The van der Waals surface area contributed by atoms with Crippen molar-refractivity contribution in [2.24, 2.45) is 5.92 Å². The molecule has 1 aliphatic heterocycles. The molecule has 4 aromatic rings. The van der Waals surface area contributed by atoms with E-state index in [4.69, 9.17) is 4.52 Å². The van der Waals surface area contributed by atoms with Crippen LogP contribution in [0.1, 0.15) is 29.2 Å². The highest BCUT2D eigenvalue weighted by molar-refractivity contribution is 5.98. The van der Waals surface area contributed by atoms with Crippen LogP contribution in [0.2, 0.25) is 0 Å². The fourth-order valence-electron chi connectivity index (χ4n) is 3.88. The minimum atomic E-state index is 0.0386. The molecule has 4 heterocycles. The lowest BCUT2D eigenvalue weighted by atomic mass is 9.94. The van der Waals surface area contributed by atoms with E-state index in [1.807, 2.05) is 35.2 Å². The number of likely N-dealkylation sites (tertiary alicyclic amines) is 1. The highest BCUT2D eigenvalue weighted by atomic mass is 16.5. The van der Waals surface area contributed by atoms with Crippen molar-refractivity contribution in [3.63, 3.8) is 0 Å². The van der Waals surface area contributed by atoms with E-state index in [0.29, 0.717) is 36.1 Å². The van der Waals surface area contributed by atoms with E-state index in [9.17, 15) is 4.79 Å². The minimum absolute atomic E-state index is 0.0386. The van der Waals surface area contributed by atoms with Crippen LogP contribution in [0.4, 0.5) is 0 Å². The zero-order valence-corrected chi connectivity index (χ0v) is 15.8. The van der Waals surface area contributed by atoms with Crippen LogP contribution >= 0.6 is 0 Å². The standard InChI is InChI=1S/C21H20N6O2/c28-21(17-11-15-5-1-2-6-16(15)24-17)27-9-3-4-14(13-27)10-19-25-20(26-29-19)18-12-22-7-8-23-18/h1-2,5-8,11-12,14,24H,3-4,9-10,13H2/t14-/m1/s1. The van der Waals surface area contributed by atoms with Crippen molar-refractivity contribution in [3.05, 3.63) is 60.5 Å². The number of carbonyl (C=O) groups is 1. The SMILES string of the molecule is O=C(c1cc2ccccc2[nH]1)N1CCC[C@H](Cc2nc(-c3cnccn3)no2)C1. The van der Waals surface area contributed by atoms with Crippen LogP contribution in [0.25, 0.3) is 22.4 Å². The summed E-state index contributed by atoms with van der Waals surface area (Å²) < 4.78 is 5.40. The Kier molecular flexibility index (Phi) is 4.51. The zero-order chi connectivity index (χ0) is 19.6. The van der Waals surface area contributed by atoms with E-state index < -0.39 is 0 Å². The van der Waals surface area contributed by atoms with E-state index >= 15 is 0 Å². The Hall–Kier alpha value is -3.55. The highest BCUT2D eigenvalue weighted by Crippen LogP contribution is 2.24.